The normalized spacial score (nSPS) is 47.3. The van der Waals surface area contributed by atoms with Crippen molar-refractivity contribution in [2.24, 2.45) is 5.92 Å². The van der Waals surface area contributed by atoms with Gasteiger partial charge in [-0.3, -0.25) is 13.9 Å². The van der Waals surface area contributed by atoms with Gasteiger partial charge in [-0.2, -0.15) is 16.8 Å². The highest BCUT2D eigenvalue weighted by molar-refractivity contribution is 7.81. The van der Waals surface area contributed by atoms with Crippen molar-refractivity contribution in [1.82, 2.24) is 5.32 Å². The summed E-state index contributed by atoms with van der Waals surface area (Å²) in [5.41, 5.74) is -4.23. The molecule has 11 saturated heterocycles. The summed E-state index contributed by atoms with van der Waals surface area (Å²) in [5, 5.41) is 55.7. The zero-order chi connectivity index (χ0) is 63.3. The van der Waals surface area contributed by atoms with Gasteiger partial charge in [0.05, 0.1) is 152 Å². The average molecular weight is 1290 g/mol. The van der Waals surface area contributed by atoms with E-state index >= 15 is 0 Å². The second-order valence-corrected chi connectivity index (χ2v) is 30.3. The molecule has 11 rings (SSSR count). The minimum Gasteiger partial charge on any atom is -0.394 e. The fourth-order valence-corrected chi connectivity index (χ4v) is 17.2. The molecular weight excluding hydrogens is 1200 g/mol. The van der Waals surface area contributed by atoms with E-state index in [2.05, 4.69) is 43.4 Å². The van der Waals surface area contributed by atoms with Crippen LogP contribution in [0, 0.1) is 5.92 Å². The molecule has 11 fully saturated rings. The molecular formula is C60H93NO25S2. The molecule has 0 bridgehead atoms. The van der Waals surface area contributed by atoms with E-state index in [1.165, 1.54) is 6.92 Å². The lowest BCUT2D eigenvalue weighted by atomic mass is 9.72. The topological polar surface area (TPSA) is 359 Å². The molecule has 500 valence electrons. The Balaban J connectivity index is 0.711. The molecule has 0 aromatic heterocycles. The van der Waals surface area contributed by atoms with Gasteiger partial charge >= 0.3 is 20.8 Å². The molecule has 88 heavy (non-hydrogen) atoms. The predicted octanol–water partition coefficient (Wildman–Crippen LogP) is 2.48. The molecule has 1 amide bonds. The second-order valence-electron chi connectivity index (χ2n) is 28.1. The Kier molecular flexibility index (Phi) is 19.5. The Bertz CT molecular complexity index is 2810. The summed E-state index contributed by atoms with van der Waals surface area (Å²) >= 11 is 0. The Hall–Kier alpha value is -2.21. The van der Waals surface area contributed by atoms with Crippen LogP contribution in [0.1, 0.15) is 144 Å². The van der Waals surface area contributed by atoms with E-state index < -0.39 is 166 Å². The predicted molar refractivity (Wildman–Crippen MR) is 307 cm³/mol. The van der Waals surface area contributed by atoms with Crippen LogP contribution in [0.2, 0.25) is 0 Å². The van der Waals surface area contributed by atoms with Gasteiger partial charge in [-0.05, 0) is 91.1 Å². The highest BCUT2D eigenvalue weighted by atomic mass is 32.3. The monoisotopic (exact) mass is 1290 g/mol. The first-order valence-electron chi connectivity index (χ1n) is 31.5. The molecule has 0 aromatic carbocycles. The van der Waals surface area contributed by atoms with Crippen molar-refractivity contribution in [3.05, 3.63) is 36.5 Å². The van der Waals surface area contributed by atoms with Crippen LogP contribution in [-0.4, -0.2) is 239 Å². The van der Waals surface area contributed by atoms with E-state index in [0.717, 1.165) is 6.42 Å². The number of nitrogens with one attached hydrogen (secondary N) is 1. The number of carbonyl (C=O) groups excluding carboxylic acids is 1. The van der Waals surface area contributed by atoms with Crippen molar-refractivity contribution in [2.75, 3.05) is 19.8 Å². The lowest BCUT2D eigenvalue weighted by molar-refractivity contribution is -0.369. The zero-order valence-electron chi connectivity index (χ0n) is 51.1. The van der Waals surface area contributed by atoms with Crippen LogP contribution in [0.3, 0.4) is 0 Å². The number of amides is 1. The van der Waals surface area contributed by atoms with Crippen molar-refractivity contribution < 1.29 is 117 Å². The Morgan fingerprint density at radius 1 is 0.716 bits per heavy atom. The van der Waals surface area contributed by atoms with Gasteiger partial charge < -0.3 is 83.0 Å². The highest BCUT2D eigenvalue weighted by Gasteiger charge is 2.65. The molecule has 26 nitrogen and oxygen atoms in total. The quantitative estimate of drug-likeness (QED) is 0.0589. The van der Waals surface area contributed by atoms with E-state index in [-0.39, 0.29) is 81.2 Å². The number of hydrogen-bond acceptors (Lipinski definition) is 23. The van der Waals surface area contributed by atoms with Gasteiger partial charge in [0.15, 0.2) is 0 Å². The third-order valence-corrected chi connectivity index (χ3v) is 22.1. The molecule has 2 unspecified atom stereocenters. The number of fused-ring (bicyclic) bond motifs is 10. The molecule has 28 heteroatoms. The fourth-order valence-electron chi connectivity index (χ4n) is 16.3. The summed E-state index contributed by atoms with van der Waals surface area (Å²) in [6.45, 7) is 18.6. The van der Waals surface area contributed by atoms with Gasteiger partial charge in [-0.25, -0.2) is 8.37 Å². The van der Waals surface area contributed by atoms with Gasteiger partial charge in [0.25, 0.3) is 0 Å². The Labute approximate surface area is 515 Å². The lowest BCUT2D eigenvalue weighted by Gasteiger charge is -2.61. The molecule has 11 heterocycles. The number of carbonyl (C=O) groups is 1. The van der Waals surface area contributed by atoms with Gasteiger partial charge in [-0.15, -0.1) is 0 Å². The smallest absolute Gasteiger partial charge is 0.394 e. The Morgan fingerprint density at radius 2 is 1.30 bits per heavy atom. The van der Waals surface area contributed by atoms with Gasteiger partial charge in [0.2, 0.25) is 5.91 Å². The summed E-state index contributed by atoms with van der Waals surface area (Å²) in [7, 11) is -9.77. The van der Waals surface area contributed by atoms with Crippen molar-refractivity contribution in [3.63, 3.8) is 0 Å². The SMILES string of the molecule is C=C(/C=C/C[C@@](C)(O)[C@H]1O[C@@H]2C[C@@H]3O[C@@H]4C[C@@H]5O[C@@H]6C[C@@H]7O[C@@H]8C[C@@H]9O[C@@H]%10C[C@@H]%11O[C@](C)(CCOS(=O)(=O)O)[C@@H](OS(=O)(=O)O)C[C@H]%11O[C@H]%10C[C@H]9O[C@H]8CC[C@@]7(C)O[C@@]6(C)CC[C@H](C)[C@H]5O[C@H]4[C@@H](O)[C@@]3(C)O[C@H]2CC1=C)CC(O)CC(=O)NCC(O)CO. The van der Waals surface area contributed by atoms with Crippen LogP contribution >= 0.6 is 0 Å². The number of aliphatic hydroxyl groups is 5. The molecule has 11 aliphatic heterocycles. The maximum atomic E-state index is 12.4. The fraction of sp³-hybridized carbons (Fsp3) is 0.883. The summed E-state index contributed by atoms with van der Waals surface area (Å²) in [6.07, 6.45) is -3.97. The molecule has 0 aromatic rings. The van der Waals surface area contributed by atoms with Gasteiger partial charge in [-0.1, -0.05) is 37.8 Å². The van der Waals surface area contributed by atoms with E-state index in [4.69, 9.17) is 61.4 Å². The number of rotatable bonds is 17. The molecule has 0 saturated carbocycles. The van der Waals surface area contributed by atoms with Crippen molar-refractivity contribution in [2.45, 2.75) is 307 Å². The van der Waals surface area contributed by atoms with Crippen molar-refractivity contribution >= 4 is 26.7 Å². The maximum absolute atomic E-state index is 12.4. The number of ether oxygens (including phenoxy) is 11. The summed E-state index contributed by atoms with van der Waals surface area (Å²) in [5.74, 6) is -0.449. The van der Waals surface area contributed by atoms with Crippen LogP contribution in [0.25, 0.3) is 0 Å². The first-order chi connectivity index (χ1) is 41.2. The number of allylic oxidation sites excluding steroid dienone is 1. The third kappa shape index (κ3) is 14.2. The van der Waals surface area contributed by atoms with Crippen molar-refractivity contribution in [3.8, 4) is 0 Å². The highest BCUT2D eigenvalue weighted by Crippen LogP contribution is 2.54. The molecule has 0 aliphatic carbocycles. The second kappa shape index (κ2) is 25.5. The summed E-state index contributed by atoms with van der Waals surface area (Å²) < 4.78 is 151. The largest absolute Gasteiger partial charge is 0.397 e. The number of hydrogen-bond donors (Lipinski definition) is 8. The van der Waals surface area contributed by atoms with E-state index in [9.17, 15) is 51.2 Å². The standard InChI is InChI=1S/C60H93NO25S2/c1-30(18-33(63)20-51(65)61-28-34(64)29-62)10-9-13-56(4,67)55-32(3)19-43-42(81-55)26-50-60(8,84-43)54(66)53-46(80-50)24-45-52(82-53)31(2)11-14-58(6)48(79-45)27-47-59(7,86-58)15-12-35-36(78-47)21-38-37(75-35)22-39-40(76-38)23-44-41(77-39)25-49(85-88(71,72)73)57(5,83-44)16-17-74-87(68,69)70/h9-10,31,33-50,52-55,62-64,66-67H,1,3,11-29H2,2,4-8H3,(H,61,65)(H,68,69,70)(H,71,72,73)/b10-9+/t31-,33?,34?,35-,36+,37+,38-,39-,40+,41+,42+,43-,44-,45-,46+,47-,48+,49-,50-,52+,53+,54+,55-,56+,57+,58-,59+,60-/m0/s1. The third-order valence-electron chi connectivity index (χ3n) is 21.1. The molecule has 11 aliphatic rings. The molecule has 0 spiro atoms. The van der Waals surface area contributed by atoms with E-state index in [0.29, 0.717) is 75.4 Å². The van der Waals surface area contributed by atoms with Crippen LogP contribution < -0.4 is 5.32 Å². The van der Waals surface area contributed by atoms with Gasteiger partial charge in [0.1, 0.15) is 30.0 Å². The zero-order valence-corrected chi connectivity index (χ0v) is 52.7. The average Bonchev–Trinajstić information content (AvgIpc) is 1.18. The molecule has 28 atom stereocenters. The van der Waals surface area contributed by atoms with Crippen LogP contribution in [0.15, 0.2) is 36.5 Å². The lowest BCUT2D eigenvalue weighted by Crippen LogP contribution is -2.74. The summed E-state index contributed by atoms with van der Waals surface area (Å²) in [6, 6.07) is 0. The van der Waals surface area contributed by atoms with Crippen molar-refractivity contribution in [1.29, 1.82) is 0 Å². The minimum atomic E-state index is -4.96. The van der Waals surface area contributed by atoms with E-state index in [1.54, 1.807) is 19.1 Å². The van der Waals surface area contributed by atoms with E-state index in [1.807, 2.05) is 6.92 Å². The first kappa shape index (κ1) is 67.2. The molecule has 8 N–H and O–H groups in total. The minimum absolute atomic E-state index is 0.0123. The van der Waals surface area contributed by atoms with Crippen LogP contribution in [0.5, 0.6) is 0 Å². The van der Waals surface area contributed by atoms with Gasteiger partial charge in [0, 0.05) is 57.9 Å². The van der Waals surface area contributed by atoms with Crippen LogP contribution in [-0.2, 0) is 86.1 Å². The van der Waals surface area contributed by atoms with Crippen LogP contribution in [0.4, 0.5) is 0 Å². The summed E-state index contributed by atoms with van der Waals surface area (Å²) in [4.78, 5) is 12.2. The Morgan fingerprint density at radius 3 is 1.95 bits per heavy atom. The maximum Gasteiger partial charge on any atom is 0.397 e. The first-order valence-corrected chi connectivity index (χ1v) is 34.2. The number of aliphatic hydroxyl groups excluding tert-OH is 4. The molecule has 0 radical (unpaired) electrons.